The van der Waals surface area contributed by atoms with E-state index < -0.39 is 5.56 Å². The minimum Gasteiger partial charge on any atom is -0.395 e. The van der Waals surface area contributed by atoms with Crippen LogP contribution in [0.2, 0.25) is 0 Å². The molecule has 0 spiro atoms. The van der Waals surface area contributed by atoms with E-state index >= 15 is 0 Å². The Hall–Kier alpha value is -1.74. The SMILES string of the molecule is CC(C)C(=O)Nc1nc(NC2CCC(CO)S2)c(N)c(=O)[nH]1. The van der Waals surface area contributed by atoms with Crippen LogP contribution in [0.4, 0.5) is 17.5 Å². The first-order chi connectivity index (χ1) is 10.4. The van der Waals surface area contributed by atoms with Crippen molar-refractivity contribution in [3.63, 3.8) is 0 Å². The van der Waals surface area contributed by atoms with Crippen LogP contribution in [0.25, 0.3) is 0 Å². The Bertz CT molecular complexity index is 604. The summed E-state index contributed by atoms with van der Waals surface area (Å²) < 4.78 is 0. The van der Waals surface area contributed by atoms with Crippen LogP contribution in [0.3, 0.4) is 0 Å². The van der Waals surface area contributed by atoms with E-state index in [2.05, 4.69) is 20.6 Å². The van der Waals surface area contributed by atoms with E-state index in [0.29, 0.717) is 0 Å². The van der Waals surface area contributed by atoms with Gasteiger partial charge in [0.1, 0.15) is 5.69 Å². The minimum absolute atomic E-state index is 0.0180. The van der Waals surface area contributed by atoms with Gasteiger partial charge in [-0.1, -0.05) is 13.8 Å². The number of aliphatic hydroxyl groups excluding tert-OH is 1. The van der Waals surface area contributed by atoms with Gasteiger partial charge < -0.3 is 16.2 Å². The van der Waals surface area contributed by atoms with Crippen LogP contribution in [-0.2, 0) is 4.79 Å². The number of anilines is 3. The van der Waals surface area contributed by atoms with Gasteiger partial charge in [0.15, 0.2) is 5.82 Å². The van der Waals surface area contributed by atoms with Gasteiger partial charge in [-0.15, -0.1) is 11.8 Å². The van der Waals surface area contributed by atoms with Gasteiger partial charge in [0.05, 0.1) is 12.0 Å². The Morgan fingerprint density at radius 1 is 1.55 bits per heavy atom. The molecule has 0 aliphatic carbocycles. The number of H-pyrrole nitrogens is 1. The topological polar surface area (TPSA) is 133 Å². The third kappa shape index (κ3) is 3.92. The predicted octanol–water partition coefficient (Wildman–Crippen LogP) is 0.572. The second kappa shape index (κ2) is 7.01. The van der Waals surface area contributed by atoms with E-state index in [0.717, 1.165) is 12.8 Å². The lowest BCUT2D eigenvalue weighted by Crippen LogP contribution is -2.25. The molecule has 9 heteroatoms. The number of thioether (sulfide) groups is 1. The van der Waals surface area contributed by atoms with E-state index in [1.54, 1.807) is 25.6 Å². The second-order valence-electron chi connectivity index (χ2n) is 5.47. The molecule has 1 aromatic heterocycles. The highest BCUT2D eigenvalue weighted by Gasteiger charge is 2.26. The summed E-state index contributed by atoms with van der Waals surface area (Å²) in [4.78, 5) is 30.1. The quantitative estimate of drug-likeness (QED) is 0.534. The number of carbonyl (C=O) groups excluding carboxylic acids is 1. The largest absolute Gasteiger partial charge is 0.395 e. The Morgan fingerprint density at radius 3 is 2.86 bits per heavy atom. The van der Waals surface area contributed by atoms with Crippen LogP contribution < -0.4 is 21.9 Å². The normalized spacial score (nSPS) is 21.1. The Kier molecular flexibility index (Phi) is 5.30. The summed E-state index contributed by atoms with van der Waals surface area (Å²) >= 11 is 1.59. The third-order valence-corrected chi connectivity index (χ3v) is 4.78. The lowest BCUT2D eigenvalue weighted by molar-refractivity contribution is -0.118. The van der Waals surface area contributed by atoms with Crippen molar-refractivity contribution in [3.8, 4) is 0 Å². The van der Waals surface area contributed by atoms with E-state index in [1.807, 2.05) is 0 Å². The van der Waals surface area contributed by atoms with Crippen molar-refractivity contribution < 1.29 is 9.90 Å². The number of nitrogens with one attached hydrogen (secondary N) is 3. The van der Waals surface area contributed by atoms with Crippen LogP contribution in [0.15, 0.2) is 4.79 Å². The van der Waals surface area contributed by atoms with E-state index in [4.69, 9.17) is 10.8 Å². The molecule has 1 saturated heterocycles. The summed E-state index contributed by atoms with van der Waals surface area (Å²) in [6.45, 7) is 3.61. The second-order valence-corrected chi connectivity index (χ2v) is 6.98. The molecule has 0 radical (unpaired) electrons. The molecular formula is C13H21N5O3S. The molecule has 22 heavy (non-hydrogen) atoms. The van der Waals surface area contributed by atoms with Crippen molar-refractivity contribution in [2.45, 2.75) is 37.3 Å². The fourth-order valence-electron chi connectivity index (χ4n) is 2.01. The van der Waals surface area contributed by atoms with Crippen molar-refractivity contribution in [1.82, 2.24) is 9.97 Å². The van der Waals surface area contributed by atoms with Gasteiger partial charge in [-0.2, -0.15) is 4.98 Å². The molecule has 1 aliphatic heterocycles. The zero-order valence-electron chi connectivity index (χ0n) is 12.5. The summed E-state index contributed by atoms with van der Waals surface area (Å²) in [5.74, 6) is -0.148. The van der Waals surface area contributed by atoms with Gasteiger partial charge in [-0.25, -0.2) is 0 Å². The lowest BCUT2D eigenvalue weighted by Gasteiger charge is -2.15. The van der Waals surface area contributed by atoms with Crippen LogP contribution in [0, 0.1) is 5.92 Å². The van der Waals surface area contributed by atoms with Gasteiger partial charge in [0, 0.05) is 11.2 Å². The molecule has 1 aromatic rings. The molecule has 1 amide bonds. The van der Waals surface area contributed by atoms with E-state index in [1.165, 1.54) is 0 Å². The zero-order valence-corrected chi connectivity index (χ0v) is 13.4. The maximum absolute atomic E-state index is 11.8. The van der Waals surface area contributed by atoms with Crippen molar-refractivity contribution in [2.24, 2.45) is 5.92 Å². The number of aliphatic hydroxyl groups is 1. The van der Waals surface area contributed by atoms with Gasteiger partial charge in [-0.3, -0.25) is 19.9 Å². The van der Waals surface area contributed by atoms with Crippen molar-refractivity contribution in [2.75, 3.05) is 23.0 Å². The lowest BCUT2D eigenvalue weighted by atomic mass is 10.2. The number of nitrogens with zero attached hydrogens (tertiary/aromatic N) is 1. The van der Waals surface area contributed by atoms with Crippen molar-refractivity contribution in [3.05, 3.63) is 10.4 Å². The first-order valence-electron chi connectivity index (χ1n) is 7.14. The Morgan fingerprint density at radius 2 is 2.27 bits per heavy atom. The fraction of sp³-hybridized carbons (Fsp3) is 0.615. The molecule has 0 saturated carbocycles. The Balaban J connectivity index is 2.15. The number of aromatic amines is 1. The molecule has 0 aromatic carbocycles. The van der Waals surface area contributed by atoms with Crippen LogP contribution in [0.1, 0.15) is 26.7 Å². The number of rotatable bonds is 5. The highest BCUT2D eigenvalue weighted by molar-refractivity contribution is 8.00. The molecule has 2 atom stereocenters. The van der Waals surface area contributed by atoms with E-state index in [9.17, 15) is 9.59 Å². The number of hydrogen-bond donors (Lipinski definition) is 5. The molecule has 1 aliphatic rings. The zero-order chi connectivity index (χ0) is 16.3. The molecule has 6 N–H and O–H groups in total. The highest BCUT2D eigenvalue weighted by Crippen LogP contribution is 2.34. The summed E-state index contributed by atoms with van der Waals surface area (Å²) in [7, 11) is 0. The number of aromatic nitrogens is 2. The standard InChI is InChI=1S/C13H21N5O3S/c1-6(2)11(20)17-13-16-10(9(14)12(21)18-13)15-8-4-3-7(5-19)22-8/h6-8,19H,3-5,14H2,1-2H3,(H3,15,16,17,18,20,21). The maximum atomic E-state index is 11.8. The van der Waals surface area contributed by atoms with Gasteiger partial charge in [0.25, 0.3) is 5.56 Å². The smallest absolute Gasteiger partial charge is 0.277 e. The molecule has 2 unspecified atom stereocenters. The van der Waals surface area contributed by atoms with Crippen LogP contribution in [-0.4, -0.2) is 38.2 Å². The monoisotopic (exact) mass is 327 g/mol. The predicted molar refractivity (Wildman–Crippen MR) is 87.8 cm³/mol. The average molecular weight is 327 g/mol. The summed E-state index contributed by atoms with van der Waals surface area (Å²) in [6.07, 6.45) is 1.73. The Labute approximate surface area is 132 Å². The summed E-state index contributed by atoms with van der Waals surface area (Å²) in [5.41, 5.74) is 5.23. The van der Waals surface area contributed by atoms with Crippen LogP contribution in [0.5, 0.6) is 0 Å². The van der Waals surface area contributed by atoms with Crippen LogP contribution >= 0.6 is 11.8 Å². The first kappa shape index (κ1) is 16.6. The molecular weight excluding hydrogens is 306 g/mol. The number of hydrogen-bond acceptors (Lipinski definition) is 7. The summed E-state index contributed by atoms with van der Waals surface area (Å²) in [5, 5.41) is 15.0. The van der Waals surface area contributed by atoms with Gasteiger partial charge >= 0.3 is 0 Å². The number of nitrogens with two attached hydrogens (primary N) is 1. The molecule has 2 rings (SSSR count). The first-order valence-corrected chi connectivity index (χ1v) is 8.08. The molecule has 122 valence electrons. The molecule has 1 fully saturated rings. The van der Waals surface area contributed by atoms with Crippen molar-refractivity contribution in [1.29, 1.82) is 0 Å². The number of amides is 1. The molecule has 2 heterocycles. The third-order valence-electron chi connectivity index (χ3n) is 3.33. The molecule has 0 bridgehead atoms. The number of carbonyl (C=O) groups is 1. The van der Waals surface area contributed by atoms with Gasteiger partial charge in [0.2, 0.25) is 11.9 Å². The molecule has 8 nitrogen and oxygen atoms in total. The minimum atomic E-state index is -0.502. The van der Waals surface area contributed by atoms with Crippen molar-refractivity contribution >= 4 is 35.1 Å². The average Bonchev–Trinajstić information content (AvgIpc) is 2.91. The highest BCUT2D eigenvalue weighted by atomic mass is 32.2. The van der Waals surface area contributed by atoms with E-state index in [-0.39, 0.29) is 46.5 Å². The fourth-order valence-corrected chi connectivity index (χ4v) is 3.29. The maximum Gasteiger partial charge on any atom is 0.277 e. The summed E-state index contributed by atoms with van der Waals surface area (Å²) in [6, 6.07) is 0. The van der Waals surface area contributed by atoms with Gasteiger partial charge in [-0.05, 0) is 12.8 Å². The number of nitrogen functional groups attached to an aromatic ring is 1.